The van der Waals surface area contributed by atoms with Crippen molar-refractivity contribution in [3.05, 3.63) is 125 Å². The minimum Gasteiger partial charge on any atom is -0.484 e. The number of sulfonamides is 1. The van der Waals surface area contributed by atoms with E-state index in [4.69, 9.17) is 16.3 Å². The molecule has 0 heterocycles. The summed E-state index contributed by atoms with van der Waals surface area (Å²) in [5, 5.41) is 6.05. The molecule has 4 aromatic rings. The Morgan fingerprint density at radius 1 is 0.935 bits per heavy atom. The molecule has 240 valence electrons. The van der Waals surface area contributed by atoms with Crippen molar-refractivity contribution in [2.45, 2.75) is 24.0 Å². The predicted octanol–water partition coefficient (Wildman–Crippen LogP) is 5.96. The second kappa shape index (κ2) is 14.9. The van der Waals surface area contributed by atoms with Gasteiger partial charge in [0, 0.05) is 0 Å². The Balaban J connectivity index is 1.39. The molecule has 0 aliphatic carbocycles. The van der Waals surface area contributed by atoms with Crippen LogP contribution in [0, 0.1) is 0 Å². The number of anilines is 1. The van der Waals surface area contributed by atoms with Crippen LogP contribution >= 0.6 is 11.6 Å². The molecule has 1 unspecified atom stereocenters. The Morgan fingerprint density at radius 3 is 2.20 bits per heavy atom. The topological polar surface area (TPSA) is 117 Å². The number of nitrogens with one attached hydrogen (secondary N) is 2. The van der Waals surface area contributed by atoms with Gasteiger partial charge in [-0.1, -0.05) is 60.1 Å². The number of nitrogens with zero attached hydrogens (tertiary/aromatic N) is 2. The molecule has 0 aliphatic heterocycles. The van der Waals surface area contributed by atoms with Crippen LogP contribution in [0.3, 0.4) is 0 Å². The van der Waals surface area contributed by atoms with Gasteiger partial charge in [-0.15, -0.1) is 0 Å². The van der Waals surface area contributed by atoms with Crippen LogP contribution in [0.2, 0.25) is 5.02 Å². The van der Waals surface area contributed by atoms with Gasteiger partial charge in [-0.05, 0) is 72.6 Å². The van der Waals surface area contributed by atoms with Crippen LogP contribution in [0.25, 0.3) is 0 Å². The number of benzene rings is 4. The van der Waals surface area contributed by atoms with Crippen LogP contribution in [-0.2, 0) is 25.8 Å². The smallest absolute Gasteiger partial charge is 0.417 e. The molecule has 0 fully saturated rings. The molecule has 4 rings (SSSR count). The monoisotopic (exact) mass is 672 g/mol. The molecule has 46 heavy (non-hydrogen) atoms. The first-order valence-electron chi connectivity index (χ1n) is 13.7. The third-order valence-electron chi connectivity index (χ3n) is 6.49. The van der Waals surface area contributed by atoms with E-state index < -0.39 is 44.9 Å². The lowest BCUT2D eigenvalue weighted by molar-refractivity contribution is -0.137. The average molecular weight is 673 g/mol. The zero-order chi connectivity index (χ0) is 33.3. The van der Waals surface area contributed by atoms with E-state index in [0.717, 1.165) is 17.7 Å². The van der Waals surface area contributed by atoms with E-state index in [1.54, 1.807) is 30.3 Å². The van der Waals surface area contributed by atoms with E-state index in [1.807, 2.05) is 37.3 Å². The van der Waals surface area contributed by atoms with Crippen LogP contribution in [0.1, 0.15) is 29.7 Å². The first-order valence-corrected chi connectivity index (χ1v) is 15.5. The highest BCUT2D eigenvalue weighted by Crippen LogP contribution is 2.38. The van der Waals surface area contributed by atoms with E-state index in [1.165, 1.54) is 30.5 Å². The molecule has 14 heteroatoms. The molecule has 0 radical (unpaired) electrons. The lowest BCUT2D eigenvalue weighted by atomic mass is 10.1. The summed E-state index contributed by atoms with van der Waals surface area (Å²) in [5.74, 6) is -0.817. The number of alkyl halides is 3. The number of carbonyl (C=O) groups is 2. The summed E-state index contributed by atoms with van der Waals surface area (Å²) in [6.07, 6.45) is -3.59. The van der Waals surface area contributed by atoms with E-state index in [0.29, 0.717) is 21.7 Å². The summed E-state index contributed by atoms with van der Waals surface area (Å²) in [7, 11) is -4.47. The Hall–Kier alpha value is -4.88. The van der Waals surface area contributed by atoms with Gasteiger partial charge in [0.1, 0.15) is 12.3 Å². The number of hydrogen-bond donors (Lipinski definition) is 2. The number of rotatable bonds is 12. The second-order valence-corrected chi connectivity index (χ2v) is 12.1. The molecule has 4 aromatic carbocycles. The maximum atomic E-state index is 13.5. The first kappa shape index (κ1) is 34.0. The normalized spacial score (nSPS) is 12.4. The number of amides is 2. The van der Waals surface area contributed by atoms with Crippen molar-refractivity contribution in [1.29, 1.82) is 0 Å². The standard InChI is InChI=1S/C32H28ClF3N4O5S/c1-22(24-8-4-2-5-9-24)38-31(42)21-45-26-15-12-23(13-16-26)19-37-39-30(41)20-40(46(43,44)27-10-6-3-7-11-27)25-14-17-29(33)28(18-25)32(34,35)36/h2-19,22H,20-21H2,1H3,(H,38,42)(H,39,41)/b37-19+. The third kappa shape index (κ3) is 9.08. The van der Waals surface area contributed by atoms with Crippen molar-refractivity contribution in [1.82, 2.24) is 10.7 Å². The van der Waals surface area contributed by atoms with E-state index in [2.05, 4.69) is 15.8 Å². The summed E-state index contributed by atoms with van der Waals surface area (Å²) in [4.78, 5) is 24.8. The summed E-state index contributed by atoms with van der Waals surface area (Å²) >= 11 is 5.72. The third-order valence-corrected chi connectivity index (χ3v) is 8.61. The largest absolute Gasteiger partial charge is 0.484 e. The highest BCUT2D eigenvalue weighted by molar-refractivity contribution is 7.92. The Morgan fingerprint density at radius 2 is 1.57 bits per heavy atom. The average Bonchev–Trinajstić information content (AvgIpc) is 3.04. The van der Waals surface area contributed by atoms with Gasteiger partial charge in [-0.25, -0.2) is 13.8 Å². The maximum absolute atomic E-state index is 13.5. The van der Waals surface area contributed by atoms with Crippen LogP contribution in [0.5, 0.6) is 5.75 Å². The molecule has 1 atom stereocenters. The van der Waals surface area contributed by atoms with Crippen molar-refractivity contribution >= 4 is 45.3 Å². The van der Waals surface area contributed by atoms with Gasteiger partial charge < -0.3 is 10.1 Å². The highest BCUT2D eigenvalue weighted by Gasteiger charge is 2.35. The summed E-state index contributed by atoms with van der Waals surface area (Å²) in [6, 6.07) is 25.2. The van der Waals surface area contributed by atoms with Crippen molar-refractivity contribution in [3.8, 4) is 5.75 Å². The fourth-order valence-corrected chi connectivity index (χ4v) is 5.83. The van der Waals surface area contributed by atoms with Gasteiger partial charge >= 0.3 is 6.18 Å². The van der Waals surface area contributed by atoms with Gasteiger partial charge in [-0.2, -0.15) is 18.3 Å². The van der Waals surface area contributed by atoms with E-state index in [9.17, 15) is 31.2 Å². The minimum atomic E-state index is -4.87. The Kier molecular flexibility index (Phi) is 11.0. The zero-order valence-corrected chi connectivity index (χ0v) is 25.8. The molecule has 0 aliphatic rings. The van der Waals surface area contributed by atoms with Crippen LogP contribution in [0.4, 0.5) is 18.9 Å². The zero-order valence-electron chi connectivity index (χ0n) is 24.2. The van der Waals surface area contributed by atoms with Crippen LogP contribution in [0.15, 0.2) is 113 Å². The molecule has 0 aromatic heterocycles. The summed E-state index contributed by atoms with van der Waals surface area (Å²) in [5.41, 5.74) is 2.00. The molecule has 0 saturated carbocycles. The fraction of sp³-hybridized carbons (Fsp3) is 0.156. The van der Waals surface area contributed by atoms with Crippen LogP contribution in [-0.4, -0.2) is 39.6 Å². The molecule has 2 amide bonds. The minimum absolute atomic E-state index is 0.194. The maximum Gasteiger partial charge on any atom is 0.417 e. The summed E-state index contributed by atoms with van der Waals surface area (Å²) in [6.45, 7) is 0.771. The Bertz CT molecular complexity index is 1790. The number of hydrogen-bond acceptors (Lipinski definition) is 6. The van der Waals surface area contributed by atoms with Gasteiger partial charge in [0.25, 0.3) is 21.8 Å². The molecule has 2 N–H and O–H groups in total. The fourth-order valence-electron chi connectivity index (χ4n) is 4.17. The number of ether oxygens (including phenoxy) is 1. The number of carbonyl (C=O) groups excluding carboxylic acids is 2. The highest BCUT2D eigenvalue weighted by atomic mass is 35.5. The second-order valence-electron chi connectivity index (χ2n) is 9.84. The van der Waals surface area contributed by atoms with E-state index >= 15 is 0 Å². The lowest BCUT2D eigenvalue weighted by Gasteiger charge is -2.24. The van der Waals surface area contributed by atoms with Gasteiger partial charge in [0.15, 0.2) is 6.61 Å². The number of halogens is 4. The number of hydrazone groups is 1. The Labute approximate surface area is 268 Å². The first-order chi connectivity index (χ1) is 21.8. The van der Waals surface area contributed by atoms with Crippen molar-refractivity contribution in [3.63, 3.8) is 0 Å². The molecule has 0 spiro atoms. The van der Waals surface area contributed by atoms with Crippen molar-refractivity contribution < 1.29 is 35.9 Å². The van der Waals surface area contributed by atoms with Gasteiger partial charge in [-0.3, -0.25) is 13.9 Å². The van der Waals surface area contributed by atoms with Gasteiger partial charge in [0.05, 0.1) is 33.4 Å². The molecular formula is C32H28ClF3N4O5S. The molecule has 0 bridgehead atoms. The molecule has 9 nitrogen and oxygen atoms in total. The molecular weight excluding hydrogens is 645 g/mol. The van der Waals surface area contributed by atoms with Gasteiger partial charge in [0.2, 0.25) is 0 Å². The van der Waals surface area contributed by atoms with Crippen LogP contribution < -0.4 is 19.8 Å². The van der Waals surface area contributed by atoms with Crippen molar-refractivity contribution in [2.75, 3.05) is 17.5 Å². The van der Waals surface area contributed by atoms with Crippen molar-refractivity contribution in [2.24, 2.45) is 5.10 Å². The van der Waals surface area contributed by atoms with E-state index in [-0.39, 0.29) is 23.5 Å². The predicted molar refractivity (Wildman–Crippen MR) is 168 cm³/mol. The molecule has 0 saturated heterocycles. The quantitative estimate of drug-likeness (QED) is 0.142. The SMILES string of the molecule is CC(NC(=O)COc1ccc(/C=N/NC(=O)CN(c2ccc(Cl)c(C(F)(F)F)c2)S(=O)(=O)c2ccccc2)cc1)c1ccccc1. The lowest BCUT2D eigenvalue weighted by Crippen LogP contribution is -2.39. The summed E-state index contributed by atoms with van der Waals surface area (Å²) < 4.78 is 73.5.